The molecule has 134 valence electrons. The molecule has 1 saturated heterocycles. The molecule has 5 heteroatoms. The Morgan fingerprint density at radius 2 is 1.92 bits per heavy atom. The van der Waals surface area contributed by atoms with Crippen molar-refractivity contribution in [3.63, 3.8) is 0 Å². The maximum atomic E-state index is 10.7. The van der Waals surface area contributed by atoms with Crippen molar-refractivity contribution >= 4 is 22.6 Å². The molecule has 0 atom stereocenters. The Morgan fingerprint density at radius 3 is 2.60 bits per heavy atom. The van der Waals surface area contributed by atoms with E-state index < -0.39 is 5.97 Å². The van der Waals surface area contributed by atoms with E-state index in [0.717, 1.165) is 56.8 Å². The highest BCUT2D eigenvalue weighted by atomic mass is 16.4. The maximum absolute atomic E-state index is 10.7. The molecule has 0 unspecified atom stereocenters. The Bertz CT molecular complexity index is 752. The van der Waals surface area contributed by atoms with Crippen molar-refractivity contribution < 1.29 is 9.90 Å². The molecule has 0 spiro atoms. The normalized spacial score (nSPS) is 15.7. The van der Waals surface area contributed by atoms with Crippen LogP contribution in [0.3, 0.4) is 0 Å². The monoisotopic (exact) mass is 341 g/mol. The molecular weight excluding hydrogens is 314 g/mol. The van der Waals surface area contributed by atoms with Gasteiger partial charge in [0.1, 0.15) is 0 Å². The van der Waals surface area contributed by atoms with Gasteiger partial charge in [-0.3, -0.25) is 14.7 Å². The summed E-state index contributed by atoms with van der Waals surface area (Å²) in [5.41, 5.74) is 4.88. The molecule has 0 bridgehead atoms. The number of carboxylic acid groups (broad SMARTS) is 1. The van der Waals surface area contributed by atoms with Gasteiger partial charge in [0.05, 0.1) is 11.2 Å². The molecule has 3 rings (SSSR count). The minimum absolute atomic E-state index is 0.258. The molecule has 2 aromatic rings. The molecule has 1 fully saturated rings. The number of pyridine rings is 1. The largest absolute Gasteiger partial charge is 0.481 e. The van der Waals surface area contributed by atoms with E-state index in [1.54, 1.807) is 0 Å². The number of aryl methyl sites for hydroxylation is 1. The predicted molar refractivity (Wildman–Crippen MR) is 101 cm³/mol. The molecule has 25 heavy (non-hydrogen) atoms. The molecule has 1 aromatic carbocycles. The van der Waals surface area contributed by atoms with Gasteiger partial charge in [0, 0.05) is 43.7 Å². The fourth-order valence-electron chi connectivity index (χ4n) is 3.79. The first-order chi connectivity index (χ1) is 12.1. The van der Waals surface area contributed by atoms with Crippen molar-refractivity contribution in [3.05, 3.63) is 35.5 Å². The van der Waals surface area contributed by atoms with Gasteiger partial charge in [0.2, 0.25) is 0 Å². The number of benzene rings is 1. The van der Waals surface area contributed by atoms with Crippen LogP contribution in [0.1, 0.15) is 31.0 Å². The van der Waals surface area contributed by atoms with Gasteiger partial charge in [-0.15, -0.1) is 0 Å². The van der Waals surface area contributed by atoms with E-state index in [2.05, 4.69) is 41.8 Å². The molecule has 0 aliphatic carbocycles. The zero-order chi connectivity index (χ0) is 17.8. The van der Waals surface area contributed by atoms with Crippen LogP contribution >= 0.6 is 0 Å². The van der Waals surface area contributed by atoms with Gasteiger partial charge in [-0.2, -0.15) is 0 Å². The quantitative estimate of drug-likeness (QED) is 0.875. The van der Waals surface area contributed by atoms with E-state index in [1.807, 2.05) is 6.07 Å². The second-order valence-electron chi connectivity index (χ2n) is 6.72. The van der Waals surface area contributed by atoms with Crippen LogP contribution in [-0.4, -0.2) is 53.7 Å². The minimum Gasteiger partial charge on any atom is -0.481 e. The number of carboxylic acids is 1. The van der Waals surface area contributed by atoms with Crippen molar-refractivity contribution in [2.24, 2.45) is 0 Å². The van der Waals surface area contributed by atoms with E-state index in [4.69, 9.17) is 10.1 Å². The molecule has 0 saturated carbocycles. The molecule has 1 N–H and O–H groups in total. The van der Waals surface area contributed by atoms with Gasteiger partial charge in [0.15, 0.2) is 0 Å². The van der Waals surface area contributed by atoms with Gasteiger partial charge in [-0.05, 0) is 37.9 Å². The topological polar surface area (TPSA) is 56.7 Å². The summed E-state index contributed by atoms with van der Waals surface area (Å²) < 4.78 is 0. The number of aromatic nitrogens is 1. The lowest BCUT2D eigenvalue weighted by molar-refractivity contribution is -0.137. The van der Waals surface area contributed by atoms with Crippen LogP contribution in [0.4, 0.5) is 5.69 Å². The van der Waals surface area contributed by atoms with E-state index >= 15 is 0 Å². The smallest absolute Gasteiger partial charge is 0.303 e. The zero-order valence-corrected chi connectivity index (χ0v) is 15.2. The van der Waals surface area contributed by atoms with Crippen molar-refractivity contribution in [2.75, 3.05) is 37.6 Å². The fraction of sp³-hybridized carbons (Fsp3) is 0.500. The summed E-state index contributed by atoms with van der Waals surface area (Å²) in [5, 5.41) is 10.0. The SMILES string of the molecule is CCc1c(C)nc2ccccc2c1N1CCN(CCCC(=O)O)CC1. The van der Waals surface area contributed by atoms with Crippen LogP contribution in [0.15, 0.2) is 24.3 Å². The number of fused-ring (bicyclic) bond motifs is 1. The van der Waals surface area contributed by atoms with E-state index in [1.165, 1.54) is 16.6 Å². The Kier molecular flexibility index (Phi) is 5.53. The summed E-state index contributed by atoms with van der Waals surface area (Å²) in [6.07, 6.45) is 1.97. The molecule has 0 amide bonds. The molecule has 2 heterocycles. The highest BCUT2D eigenvalue weighted by molar-refractivity contribution is 5.94. The first-order valence-electron chi connectivity index (χ1n) is 9.17. The number of anilines is 1. The molecule has 1 aliphatic heterocycles. The van der Waals surface area contributed by atoms with Crippen LogP contribution in [-0.2, 0) is 11.2 Å². The highest BCUT2D eigenvalue weighted by Crippen LogP contribution is 2.32. The van der Waals surface area contributed by atoms with E-state index in [0.29, 0.717) is 0 Å². The number of rotatable bonds is 6. The van der Waals surface area contributed by atoms with Crippen LogP contribution in [0.5, 0.6) is 0 Å². The number of piperazine rings is 1. The fourth-order valence-corrected chi connectivity index (χ4v) is 3.79. The van der Waals surface area contributed by atoms with Crippen molar-refractivity contribution in [3.8, 4) is 0 Å². The summed E-state index contributed by atoms with van der Waals surface area (Å²) >= 11 is 0. The third-order valence-corrected chi connectivity index (χ3v) is 5.08. The van der Waals surface area contributed by atoms with Crippen molar-refractivity contribution in [1.29, 1.82) is 0 Å². The number of nitrogens with zero attached hydrogens (tertiary/aromatic N) is 3. The second-order valence-corrected chi connectivity index (χ2v) is 6.72. The number of hydrogen-bond donors (Lipinski definition) is 1. The summed E-state index contributed by atoms with van der Waals surface area (Å²) in [4.78, 5) is 20.3. The average molecular weight is 341 g/mol. The molecular formula is C20H27N3O2. The highest BCUT2D eigenvalue weighted by Gasteiger charge is 2.22. The number of para-hydroxylation sites is 1. The van der Waals surface area contributed by atoms with Gasteiger partial charge in [-0.1, -0.05) is 25.1 Å². The Morgan fingerprint density at radius 1 is 1.20 bits per heavy atom. The Balaban J connectivity index is 1.78. The molecule has 5 nitrogen and oxygen atoms in total. The Hall–Kier alpha value is -2.14. The van der Waals surface area contributed by atoms with Crippen molar-refractivity contribution in [2.45, 2.75) is 33.1 Å². The van der Waals surface area contributed by atoms with Crippen LogP contribution in [0.25, 0.3) is 10.9 Å². The first-order valence-corrected chi connectivity index (χ1v) is 9.17. The predicted octanol–water partition coefficient (Wildman–Crippen LogP) is 3.09. The summed E-state index contributed by atoms with van der Waals surface area (Å²) in [5.74, 6) is -0.704. The average Bonchev–Trinajstić information content (AvgIpc) is 2.61. The third-order valence-electron chi connectivity index (χ3n) is 5.08. The van der Waals surface area contributed by atoms with Gasteiger partial charge in [-0.25, -0.2) is 0 Å². The second kappa shape index (κ2) is 7.83. The lowest BCUT2D eigenvalue weighted by atomic mass is 10.0. The first kappa shape index (κ1) is 17.7. The van der Waals surface area contributed by atoms with Crippen LogP contribution in [0, 0.1) is 6.92 Å². The van der Waals surface area contributed by atoms with Gasteiger partial charge >= 0.3 is 5.97 Å². The minimum atomic E-state index is -0.704. The van der Waals surface area contributed by atoms with E-state index in [9.17, 15) is 4.79 Å². The Labute approximate surface area is 149 Å². The van der Waals surface area contributed by atoms with Gasteiger partial charge < -0.3 is 10.0 Å². The number of aliphatic carboxylic acids is 1. The van der Waals surface area contributed by atoms with Crippen molar-refractivity contribution in [1.82, 2.24) is 9.88 Å². The summed E-state index contributed by atoms with van der Waals surface area (Å²) in [6, 6.07) is 8.40. The van der Waals surface area contributed by atoms with Crippen LogP contribution in [0.2, 0.25) is 0 Å². The van der Waals surface area contributed by atoms with E-state index in [-0.39, 0.29) is 6.42 Å². The third kappa shape index (κ3) is 3.93. The molecule has 1 aromatic heterocycles. The summed E-state index contributed by atoms with van der Waals surface area (Å²) in [6.45, 7) is 9.11. The maximum Gasteiger partial charge on any atom is 0.303 e. The molecule has 0 radical (unpaired) electrons. The lowest BCUT2D eigenvalue weighted by Gasteiger charge is -2.37. The standard InChI is InChI=1S/C20H27N3O2/c1-3-16-15(2)21-18-8-5-4-7-17(18)20(16)23-13-11-22(12-14-23)10-6-9-19(24)25/h4-5,7-8H,3,6,9-14H2,1-2H3,(H,24,25). The summed E-state index contributed by atoms with van der Waals surface area (Å²) in [7, 11) is 0. The number of hydrogen-bond acceptors (Lipinski definition) is 4. The van der Waals surface area contributed by atoms with Gasteiger partial charge in [0.25, 0.3) is 0 Å². The molecule has 1 aliphatic rings. The lowest BCUT2D eigenvalue weighted by Crippen LogP contribution is -2.47. The zero-order valence-electron chi connectivity index (χ0n) is 15.2. The number of carbonyl (C=O) groups is 1. The van der Waals surface area contributed by atoms with Crippen LogP contribution < -0.4 is 4.90 Å².